The molecule has 0 unspecified atom stereocenters. The number of hydrogen-bond acceptors (Lipinski definition) is 5. The highest BCUT2D eigenvalue weighted by Crippen LogP contribution is 2.24. The molecule has 0 aromatic heterocycles. The first-order valence-corrected chi connectivity index (χ1v) is 7.14. The summed E-state index contributed by atoms with van der Waals surface area (Å²) in [5.74, 6) is -0.0299. The van der Waals surface area contributed by atoms with Gasteiger partial charge in [0, 0.05) is 10.5 Å². The van der Waals surface area contributed by atoms with Crippen molar-refractivity contribution in [1.29, 1.82) is 0 Å². The van der Waals surface area contributed by atoms with E-state index in [0.717, 1.165) is 0 Å². The van der Waals surface area contributed by atoms with E-state index < -0.39 is 23.7 Å². The van der Waals surface area contributed by atoms with E-state index in [2.05, 4.69) is 10.1 Å². The molecule has 1 N–H and O–H groups in total. The Morgan fingerprint density at radius 3 is 2.05 bits per heavy atom. The van der Waals surface area contributed by atoms with E-state index in [1.54, 1.807) is 32.5 Å². The molecule has 6 heteroatoms. The zero-order valence-electron chi connectivity index (χ0n) is 12.8. The average Bonchev–Trinajstić information content (AvgIpc) is 2.19. The predicted molar refractivity (Wildman–Crippen MR) is 77.4 cm³/mol. The van der Waals surface area contributed by atoms with Gasteiger partial charge in [0.1, 0.15) is 11.6 Å². The maximum Gasteiger partial charge on any atom is 0.408 e. The highest BCUT2D eigenvalue weighted by atomic mass is 32.2. The molecule has 0 aliphatic rings. The van der Waals surface area contributed by atoms with Crippen LogP contribution < -0.4 is 5.32 Å². The van der Waals surface area contributed by atoms with Gasteiger partial charge in [-0.15, -0.1) is 0 Å². The number of nitrogens with one attached hydrogen (secondary N) is 1. The van der Waals surface area contributed by atoms with E-state index in [4.69, 9.17) is 4.74 Å². The molecule has 0 saturated carbocycles. The number of esters is 1. The van der Waals surface area contributed by atoms with Gasteiger partial charge in [0.15, 0.2) is 0 Å². The topological polar surface area (TPSA) is 64.6 Å². The molecule has 0 aliphatic carbocycles. The van der Waals surface area contributed by atoms with Gasteiger partial charge >= 0.3 is 12.1 Å². The predicted octanol–water partition coefficient (Wildman–Crippen LogP) is 2.58. The van der Waals surface area contributed by atoms with Gasteiger partial charge in [-0.2, -0.15) is 11.8 Å². The standard InChI is InChI=1S/C13H25NO4S/c1-12(2,3)18-11(16)14-9(10(15)17-7)8-19-13(4,5)6/h9H,8H2,1-7H3,(H,14,16)/t9-/m0/s1. The van der Waals surface area contributed by atoms with Gasteiger partial charge in [0.05, 0.1) is 7.11 Å². The highest BCUT2D eigenvalue weighted by Gasteiger charge is 2.26. The smallest absolute Gasteiger partial charge is 0.408 e. The van der Waals surface area contributed by atoms with Crippen LogP contribution in [-0.4, -0.2) is 41.3 Å². The van der Waals surface area contributed by atoms with Gasteiger partial charge in [0.2, 0.25) is 0 Å². The zero-order chi connectivity index (χ0) is 15.3. The summed E-state index contributed by atoms with van der Waals surface area (Å²) in [5, 5.41) is 2.54. The van der Waals surface area contributed by atoms with Crippen molar-refractivity contribution in [3.63, 3.8) is 0 Å². The molecule has 0 rings (SSSR count). The Morgan fingerprint density at radius 2 is 1.68 bits per heavy atom. The number of thioether (sulfide) groups is 1. The van der Waals surface area contributed by atoms with Gasteiger partial charge in [-0.05, 0) is 20.8 Å². The maximum absolute atomic E-state index is 11.7. The molecule has 5 nitrogen and oxygen atoms in total. The number of methoxy groups -OCH3 is 1. The third-order valence-corrected chi connectivity index (χ3v) is 3.23. The van der Waals surface area contributed by atoms with Crippen LogP contribution >= 0.6 is 11.8 Å². The lowest BCUT2D eigenvalue weighted by molar-refractivity contribution is -0.142. The minimum Gasteiger partial charge on any atom is -0.467 e. The first-order chi connectivity index (χ1) is 8.44. The molecule has 0 aromatic carbocycles. The number of rotatable bonds is 4. The SMILES string of the molecule is COC(=O)[C@H](CSC(C)(C)C)NC(=O)OC(C)(C)C. The van der Waals surface area contributed by atoms with Crippen molar-refractivity contribution in [2.24, 2.45) is 0 Å². The lowest BCUT2D eigenvalue weighted by Gasteiger charge is -2.24. The third kappa shape index (κ3) is 9.64. The maximum atomic E-state index is 11.7. The van der Waals surface area contributed by atoms with E-state index in [0.29, 0.717) is 5.75 Å². The molecule has 1 amide bonds. The summed E-state index contributed by atoms with van der Waals surface area (Å²) in [5.41, 5.74) is -0.595. The summed E-state index contributed by atoms with van der Waals surface area (Å²) in [7, 11) is 1.30. The van der Waals surface area contributed by atoms with Crippen LogP contribution in [0.5, 0.6) is 0 Å². The fourth-order valence-electron chi connectivity index (χ4n) is 1.09. The highest BCUT2D eigenvalue weighted by molar-refractivity contribution is 8.00. The van der Waals surface area contributed by atoms with Gasteiger partial charge < -0.3 is 14.8 Å². The van der Waals surface area contributed by atoms with E-state index >= 15 is 0 Å². The van der Waals surface area contributed by atoms with Crippen molar-refractivity contribution >= 4 is 23.8 Å². The van der Waals surface area contributed by atoms with Crippen LogP contribution in [0.2, 0.25) is 0 Å². The Morgan fingerprint density at radius 1 is 1.16 bits per heavy atom. The second kappa shape index (κ2) is 7.03. The van der Waals surface area contributed by atoms with Gasteiger partial charge in [-0.1, -0.05) is 20.8 Å². The van der Waals surface area contributed by atoms with E-state index in [1.807, 2.05) is 20.8 Å². The number of amides is 1. The van der Waals surface area contributed by atoms with Crippen LogP contribution in [-0.2, 0) is 14.3 Å². The van der Waals surface area contributed by atoms with Crippen molar-refractivity contribution in [3.05, 3.63) is 0 Å². The molecular weight excluding hydrogens is 266 g/mol. The summed E-state index contributed by atoms with van der Waals surface area (Å²) in [6.07, 6.45) is -0.614. The van der Waals surface area contributed by atoms with Crippen LogP contribution in [0, 0.1) is 0 Å². The minimum atomic E-state index is -0.705. The molecule has 0 fully saturated rings. The quantitative estimate of drug-likeness (QED) is 0.807. The second-order valence-corrected chi connectivity index (χ2v) is 7.99. The monoisotopic (exact) mass is 291 g/mol. The Balaban J connectivity index is 4.52. The Kier molecular flexibility index (Phi) is 6.69. The van der Waals surface area contributed by atoms with Crippen molar-refractivity contribution in [1.82, 2.24) is 5.32 Å². The molecule has 0 saturated heterocycles. The fourth-order valence-corrected chi connectivity index (χ4v) is 1.98. The molecule has 0 aliphatic heterocycles. The summed E-state index contributed by atoms with van der Waals surface area (Å²) < 4.78 is 9.82. The van der Waals surface area contributed by atoms with E-state index in [1.165, 1.54) is 7.11 Å². The van der Waals surface area contributed by atoms with Crippen LogP contribution in [0.15, 0.2) is 0 Å². The Labute approximate surface area is 119 Å². The molecule has 0 heterocycles. The fraction of sp³-hybridized carbons (Fsp3) is 0.846. The molecule has 0 radical (unpaired) electrons. The summed E-state index contributed by atoms with van der Waals surface area (Å²) >= 11 is 1.57. The van der Waals surface area contributed by atoms with Gasteiger partial charge in [-0.3, -0.25) is 0 Å². The summed E-state index contributed by atoms with van der Waals surface area (Å²) in [4.78, 5) is 23.3. The molecule has 0 spiro atoms. The van der Waals surface area contributed by atoms with Crippen molar-refractivity contribution < 1.29 is 19.1 Å². The van der Waals surface area contributed by atoms with Crippen molar-refractivity contribution in [2.75, 3.05) is 12.9 Å². The summed E-state index contributed by atoms with van der Waals surface area (Å²) in [6, 6.07) is -0.705. The lowest BCUT2D eigenvalue weighted by Crippen LogP contribution is -2.46. The van der Waals surface area contributed by atoms with Crippen molar-refractivity contribution in [2.45, 2.75) is 57.9 Å². The molecular formula is C13H25NO4S. The van der Waals surface area contributed by atoms with Crippen LogP contribution in [0.3, 0.4) is 0 Å². The van der Waals surface area contributed by atoms with E-state index in [9.17, 15) is 9.59 Å². The number of hydrogen-bond donors (Lipinski definition) is 1. The third-order valence-electron chi connectivity index (χ3n) is 1.86. The zero-order valence-corrected chi connectivity index (χ0v) is 13.6. The Bertz CT molecular complexity index is 318. The first-order valence-electron chi connectivity index (χ1n) is 6.16. The van der Waals surface area contributed by atoms with Gasteiger partial charge in [0.25, 0.3) is 0 Å². The molecule has 1 atom stereocenters. The number of carbonyl (C=O) groups is 2. The van der Waals surface area contributed by atoms with E-state index in [-0.39, 0.29) is 4.75 Å². The average molecular weight is 291 g/mol. The minimum absolute atomic E-state index is 0.00187. The number of carbonyl (C=O) groups excluding carboxylic acids is 2. The normalized spacial score (nSPS) is 13.6. The molecule has 112 valence electrons. The van der Waals surface area contributed by atoms with Crippen LogP contribution in [0.1, 0.15) is 41.5 Å². The second-order valence-electron chi connectivity index (χ2n) is 6.15. The number of ether oxygens (including phenoxy) is 2. The molecule has 0 bridgehead atoms. The van der Waals surface area contributed by atoms with Crippen LogP contribution in [0.4, 0.5) is 4.79 Å². The summed E-state index contributed by atoms with van der Waals surface area (Å²) in [6.45, 7) is 11.4. The molecule has 0 aromatic rings. The molecule has 19 heavy (non-hydrogen) atoms. The Hall–Kier alpha value is -0.910. The van der Waals surface area contributed by atoms with Gasteiger partial charge in [-0.25, -0.2) is 9.59 Å². The van der Waals surface area contributed by atoms with Crippen molar-refractivity contribution in [3.8, 4) is 0 Å². The largest absolute Gasteiger partial charge is 0.467 e. The number of alkyl carbamates (subject to hydrolysis) is 1. The van der Waals surface area contributed by atoms with Crippen LogP contribution in [0.25, 0.3) is 0 Å². The first kappa shape index (κ1) is 18.1. The lowest BCUT2D eigenvalue weighted by atomic mass is 10.2.